The summed E-state index contributed by atoms with van der Waals surface area (Å²) < 4.78 is 17.8. The van der Waals surface area contributed by atoms with E-state index in [4.69, 9.17) is 9.11 Å². The molecule has 0 bridgehead atoms. The van der Waals surface area contributed by atoms with Crippen molar-refractivity contribution in [3.05, 3.63) is 24.3 Å². The molecular formula is C10H8O4S2. The molecule has 0 saturated heterocycles. The molecule has 0 heterocycles. The summed E-state index contributed by atoms with van der Waals surface area (Å²) in [6.07, 6.45) is 0. The van der Waals surface area contributed by atoms with E-state index < -0.39 is 0 Å². The Morgan fingerprint density at radius 1 is 0.750 bits per heavy atom. The third-order valence-electron chi connectivity index (χ3n) is 2.17. The number of fused-ring (bicyclic) bond motifs is 1. The van der Waals surface area contributed by atoms with Gasteiger partial charge in [0.1, 0.15) is 11.5 Å². The van der Waals surface area contributed by atoms with E-state index >= 15 is 0 Å². The monoisotopic (exact) mass is 256 g/mol. The molecule has 0 unspecified atom stereocenters. The molecule has 0 spiro atoms. The SMILES string of the molecule is OSc1cc(O)c2c(O)cc(SO)cc2c1. The molecule has 2 rings (SSSR count). The van der Waals surface area contributed by atoms with Crippen molar-refractivity contribution < 1.29 is 19.3 Å². The van der Waals surface area contributed by atoms with Gasteiger partial charge in [-0.15, -0.1) is 0 Å². The van der Waals surface area contributed by atoms with Gasteiger partial charge in [0, 0.05) is 33.9 Å². The molecule has 0 fully saturated rings. The minimum Gasteiger partial charge on any atom is -0.507 e. The van der Waals surface area contributed by atoms with Crippen molar-refractivity contribution in [2.24, 2.45) is 0 Å². The maximum atomic E-state index is 9.67. The van der Waals surface area contributed by atoms with Gasteiger partial charge in [-0.25, -0.2) is 0 Å². The van der Waals surface area contributed by atoms with Crippen LogP contribution in [0.4, 0.5) is 0 Å². The molecule has 0 aliphatic carbocycles. The van der Waals surface area contributed by atoms with Gasteiger partial charge in [-0.1, -0.05) is 0 Å². The Morgan fingerprint density at radius 3 is 1.56 bits per heavy atom. The van der Waals surface area contributed by atoms with E-state index in [0.29, 0.717) is 44.6 Å². The number of aromatic hydroxyl groups is 2. The van der Waals surface area contributed by atoms with Gasteiger partial charge in [0.25, 0.3) is 0 Å². The summed E-state index contributed by atoms with van der Waals surface area (Å²) in [4.78, 5) is 0.925. The summed E-state index contributed by atoms with van der Waals surface area (Å²) >= 11 is 1.01. The predicted octanol–water partition coefficient (Wildman–Crippen LogP) is 3.38. The summed E-state index contributed by atoms with van der Waals surface area (Å²) in [5.74, 6) is -0.220. The second kappa shape index (κ2) is 4.42. The van der Waals surface area contributed by atoms with Gasteiger partial charge in [-0.05, 0) is 29.7 Å². The molecule has 4 nitrogen and oxygen atoms in total. The van der Waals surface area contributed by atoms with E-state index in [-0.39, 0.29) is 11.5 Å². The molecule has 0 amide bonds. The van der Waals surface area contributed by atoms with Crippen LogP contribution < -0.4 is 0 Å². The standard InChI is InChI=1S/C10H8O4S2/c11-8-3-6(15-13)1-5-2-7(16-14)4-9(12)10(5)8/h1-4,11-14H. The van der Waals surface area contributed by atoms with Crippen LogP contribution in [0, 0.1) is 0 Å². The molecule has 0 radical (unpaired) electrons. The van der Waals surface area contributed by atoms with Crippen LogP contribution in [-0.2, 0) is 0 Å². The van der Waals surface area contributed by atoms with Crippen molar-refractivity contribution in [2.75, 3.05) is 0 Å². The molecule has 0 aliphatic rings. The third kappa shape index (κ3) is 1.92. The van der Waals surface area contributed by atoms with Gasteiger partial charge in [0.05, 0.1) is 5.39 Å². The van der Waals surface area contributed by atoms with Crippen LogP contribution in [0.15, 0.2) is 34.1 Å². The van der Waals surface area contributed by atoms with Gasteiger partial charge in [0.2, 0.25) is 0 Å². The molecule has 4 N–H and O–H groups in total. The zero-order valence-electron chi connectivity index (χ0n) is 7.91. The lowest BCUT2D eigenvalue weighted by molar-refractivity contribution is 0.462. The van der Waals surface area contributed by atoms with E-state index in [0.717, 1.165) is 0 Å². The Kier molecular flexibility index (Phi) is 3.15. The maximum absolute atomic E-state index is 9.67. The fourth-order valence-electron chi connectivity index (χ4n) is 1.52. The lowest BCUT2D eigenvalue weighted by atomic mass is 10.1. The Balaban J connectivity index is 2.79. The van der Waals surface area contributed by atoms with Gasteiger partial charge < -0.3 is 19.3 Å². The Morgan fingerprint density at radius 2 is 1.19 bits per heavy atom. The van der Waals surface area contributed by atoms with Crippen molar-refractivity contribution in [3.63, 3.8) is 0 Å². The first-order valence-corrected chi connectivity index (χ1v) is 5.83. The Hall–Kier alpha value is -1.08. The van der Waals surface area contributed by atoms with Crippen LogP contribution in [0.1, 0.15) is 0 Å². The predicted molar refractivity (Wildman–Crippen MR) is 64.2 cm³/mol. The Bertz CT molecular complexity index is 497. The molecule has 6 heteroatoms. The number of phenolic OH excluding ortho intramolecular Hbond substituents is 2. The van der Waals surface area contributed by atoms with Crippen molar-refractivity contribution in [1.82, 2.24) is 0 Å². The van der Waals surface area contributed by atoms with Gasteiger partial charge in [0.15, 0.2) is 0 Å². The highest BCUT2D eigenvalue weighted by Gasteiger charge is 2.09. The van der Waals surface area contributed by atoms with Gasteiger partial charge in [-0.3, -0.25) is 0 Å². The highest BCUT2D eigenvalue weighted by atomic mass is 32.2. The first-order chi connectivity index (χ1) is 7.65. The van der Waals surface area contributed by atoms with E-state index in [1.54, 1.807) is 12.1 Å². The van der Waals surface area contributed by atoms with Crippen LogP contribution in [0.5, 0.6) is 11.5 Å². The minimum absolute atomic E-state index is 0.110. The van der Waals surface area contributed by atoms with E-state index in [9.17, 15) is 10.2 Å². The molecule has 16 heavy (non-hydrogen) atoms. The van der Waals surface area contributed by atoms with E-state index in [1.165, 1.54) is 12.1 Å². The smallest absolute Gasteiger partial charge is 0.128 e. The third-order valence-corrected chi connectivity index (χ3v) is 3.06. The summed E-state index contributed by atoms with van der Waals surface area (Å²) in [7, 11) is 0. The second-order valence-corrected chi connectivity index (χ2v) is 4.47. The Labute approximate surface area is 100.0 Å². The minimum atomic E-state index is -0.110. The molecule has 0 aromatic heterocycles. The van der Waals surface area contributed by atoms with Crippen LogP contribution in [0.3, 0.4) is 0 Å². The zero-order valence-corrected chi connectivity index (χ0v) is 9.55. The number of hydrogen-bond donors (Lipinski definition) is 4. The molecule has 0 saturated carbocycles. The second-order valence-electron chi connectivity index (χ2n) is 3.17. The normalized spacial score (nSPS) is 10.9. The summed E-state index contributed by atoms with van der Waals surface area (Å²) in [5.41, 5.74) is 0. The summed E-state index contributed by atoms with van der Waals surface area (Å²) in [6, 6.07) is 5.94. The summed E-state index contributed by atoms with van der Waals surface area (Å²) in [6.45, 7) is 0. The average Bonchev–Trinajstić information content (AvgIpc) is 2.27. The van der Waals surface area contributed by atoms with Crippen molar-refractivity contribution in [3.8, 4) is 11.5 Å². The number of hydrogen-bond acceptors (Lipinski definition) is 6. The van der Waals surface area contributed by atoms with Crippen molar-refractivity contribution >= 4 is 34.9 Å². The lowest BCUT2D eigenvalue weighted by Crippen LogP contribution is -1.80. The average molecular weight is 256 g/mol. The number of rotatable bonds is 2. The fourth-order valence-corrected chi connectivity index (χ4v) is 2.21. The highest BCUT2D eigenvalue weighted by Crippen LogP contribution is 2.38. The first kappa shape index (κ1) is 11.4. The quantitative estimate of drug-likeness (QED) is 0.617. The molecular weight excluding hydrogens is 248 g/mol. The topological polar surface area (TPSA) is 80.9 Å². The number of phenols is 2. The largest absolute Gasteiger partial charge is 0.507 e. The van der Waals surface area contributed by atoms with Crippen LogP contribution in [-0.4, -0.2) is 19.3 Å². The molecule has 0 aliphatic heterocycles. The van der Waals surface area contributed by atoms with Crippen LogP contribution >= 0.6 is 24.1 Å². The zero-order chi connectivity index (χ0) is 11.7. The molecule has 2 aromatic rings. The van der Waals surface area contributed by atoms with Gasteiger partial charge in [-0.2, -0.15) is 0 Å². The summed E-state index contributed by atoms with van der Waals surface area (Å²) in [5, 5.41) is 20.2. The fraction of sp³-hybridized carbons (Fsp3) is 0. The number of benzene rings is 2. The molecule has 0 atom stereocenters. The van der Waals surface area contributed by atoms with E-state index in [1.807, 2.05) is 0 Å². The maximum Gasteiger partial charge on any atom is 0.128 e. The van der Waals surface area contributed by atoms with Crippen molar-refractivity contribution in [2.45, 2.75) is 9.79 Å². The highest BCUT2D eigenvalue weighted by molar-refractivity contribution is 7.94. The lowest BCUT2D eigenvalue weighted by Gasteiger charge is -2.07. The van der Waals surface area contributed by atoms with Gasteiger partial charge >= 0.3 is 0 Å². The van der Waals surface area contributed by atoms with E-state index in [2.05, 4.69) is 0 Å². The van der Waals surface area contributed by atoms with Crippen LogP contribution in [0.25, 0.3) is 10.8 Å². The van der Waals surface area contributed by atoms with Crippen LogP contribution in [0.2, 0.25) is 0 Å². The molecule has 84 valence electrons. The first-order valence-electron chi connectivity index (χ1n) is 4.28. The van der Waals surface area contributed by atoms with Crippen molar-refractivity contribution in [1.29, 1.82) is 0 Å². The molecule has 2 aromatic carbocycles.